The van der Waals surface area contributed by atoms with E-state index in [-0.39, 0.29) is 0 Å². The van der Waals surface area contributed by atoms with Gasteiger partial charge in [-0.15, -0.1) is 0 Å². The lowest BCUT2D eigenvalue weighted by molar-refractivity contribution is 1.66. The summed E-state index contributed by atoms with van der Waals surface area (Å²) in [5, 5.41) is 4.01. The van der Waals surface area contributed by atoms with Gasteiger partial charge in [0.15, 0.2) is 0 Å². The molecule has 3 aromatic rings. The molecule has 0 spiro atoms. The number of rotatable bonds is 5. The van der Waals surface area contributed by atoms with E-state index in [0.717, 1.165) is 5.56 Å². The van der Waals surface area contributed by atoms with Gasteiger partial charge in [-0.25, -0.2) is 0 Å². The minimum atomic E-state index is -0.614. The summed E-state index contributed by atoms with van der Waals surface area (Å²) >= 11 is 0. The number of hydrogen-bond acceptors (Lipinski definition) is 0. The number of benzene rings is 3. The van der Waals surface area contributed by atoms with Crippen LogP contribution in [-0.4, -0.2) is 0 Å². The zero-order chi connectivity index (χ0) is 16.1. The molecule has 0 bridgehead atoms. The molecule has 0 unspecified atom stereocenters. The lowest BCUT2D eigenvalue weighted by Gasteiger charge is -2.22. The highest BCUT2D eigenvalue weighted by Gasteiger charge is 2.19. The topological polar surface area (TPSA) is 0 Å². The largest absolute Gasteiger partial charge is 0.0984 e. The molecule has 3 rings (SSSR count). The van der Waals surface area contributed by atoms with Crippen molar-refractivity contribution in [3.8, 4) is 0 Å². The normalized spacial score (nSPS) is 10.5. The summed E-state index contributed by atoms with van der Waals surface area (Å²) < 4.78 is 0. The van der Waals surface area contributed by atoms with E-state index in [2.05, 4.69) is 92.0 Å². The van der Waals surface area contributed by atoms with Gasteiger partial charge in [0, 0.05) is 0 Å². The molecular formula is C22H19P. The third-order valence-electron chi connectivity index (χ3n) is 3.81. The second-order valence-electron chi connectivity index (χ2n) is 5.19. The Kier molecular flexibility index (Phi) is 4.86. The third kappa shape index (κ3) is 3.18. The van der Waals surface area contributed by atoms with Crippen molar-refractivity contribution in [2.24, 2.45) is 0 Å². The lowest BCUT2D eigenvalue weighted by atomic mass is 10.1. The molecule has 0 N–H and O–H groups in total. The molecule has 0 fully saturated rings. The van der Waals surface area contributed by atoms with Crippen LogP contribution in [0, 0.1) is 0 Å². The maximum Gasteiger partial charge on any atom is -0.00728 e. The average Bonchev–Trinajstić information content (AvgIpc) is 2.63. The average molecular weight is 314 g/mol. The maximum absolute atomic E-state index is 4.03. The van der Waals surface area contributed by atoms with Gasteiger partial charge in [-0.2, -0.15) is 0 Å². The lowest BCUT2D eigenvalue weighted by Crippen LogP contribution is -2.22. The summed E-state index contributed by atoms with van der Waals surface area (Å²) in [7, 11) is -0.614. The Morgan fingerprint density at radius 1 is 0.609 bits per heavy atom. The molecule has 23 heavy (non-hydrogen) atoms. The van der Waals surface area contributed by atoms with Crippen molar-refractivity contribution in [3.63, 3.8) is 0 Å². The third-order valence-corrected chi connectivity index (χ3v) is 6.31. The highest BCUT2D eigenvalue weighted by molar-refractivity contribution is 7.80. The first kappa shape index (κ1) is 15.5. The minimum Gasteiger partial charge on any atom is -0.0984 e. The molecule has 0 amide bonds. The Bertz CT molecular complexity index is 764. The van der Waals surface area contributed by atoms with Crippen molar-refractivity contribution in [1.82, 2.24) is 0 Å². The van der Waals surface area contributed by atoms with Crippen LogP contribution in [0.2, 0.25) is 0 Å². The summed E-state index contributed by atoms with van der Waals surface area (Å²) in [5.41, 5.74) is 2.32. The minimum absolute atomic E-state index is 0.614. The van der Waals surface area contributed by atoms with Crippen LogP contribution in [0.15, 0.2) is 92.0 Å². The highest BCUT2D eigenvalue weighted by Crippen LogP contribution is 2.35. The SMILES string of the molecule is C=Cc1cccc(P(c2ccccc2)c2ccccc2)c1C=C. The van der Waals surface area contributed by atoms with Gasteiger partial charge in [-0.1, -0.05) is 104 Å². The van der Waals surface area contributed by atoms with Gasteiger partial charge >= 0.3 is 0 Å². The molecule has 0 aromatic heterocycles. The molecule has 0 saturated heterocycles. The van der Waals surface area contributed by atoms with Crippen molar-refractivity contribution in [2.45, 2.75) is 0 Å². The fraction of sp³-hybridized carbons (Fsp3) is 0. The zero-order valence-electron chi connectivity index (χ0n) is 13.0. The summed E-state index contributed by atoms with van der Waals surface area (Å²) in [6, 6.07) is 27.9. The van der Waals surface area contributed by atoms with Crippen molar-refractivity contribution in [1.29, 1.82) is 0 Å². The Balaban J connectivity index is 2.25. The molecule has 112 valence electrons. The molecule has 0 saturated carbocycles. The molecule has 0 aliphatic rings. The van der Waals surface area contributed by atoms with Crippen molar-refractivity contribution < 1.29 is 0 Å². The van der Waals surface area contributed by atoms with Crippen LogP contribution in [0.4, 0.5) is 0 Å². The van der Waals surface area contributed by atoms with Gasteiger partial charge in [0.05, 0.1) is 0 Å². The molecule has 0 aliphatic carbocycles. The first-order valence-corrected chi connectivity index (χ1v) is 8.97. The van der Waals surface area contributed by atoms with Crippen LogP contribution in [0.25, 0.3) is 12.2 Å². The van der Waals surface area contributed by atoms with E-state index in [1.807, 2.05) is 12.2 Å². The second kappa shape index (κ2) is 7.22. The highest BCUT2D eigenvalue weighted by atomic mass is 31.1. The molecule has 0 atom stereocenters. The predicted octanol–water partition coefficient (Wildman–Crippen LogP) is 4.73. The van der Waals surface area contributed by atoms with E-state index in [1.54, 1.807) is 0 Å². The van der Waals surface area contributed by atoms with Crippen LogP contribution in [0.1, 0.15) is 11.1 Å². The van der Waals surface area contributed by atoms with E-state index < -0.39 is 7.92 Å². The van der Waals surface area contributed by atoms with Crippen molar-refractivity contribution >= 4 is 36.0 Å². The Labute approximate surface area is 139 Å². The van der Waals surface area contributed by atoms with Gasteiger partial charge in [-0.3, -0.25) is 0 Å². The quantitative estimate of drug-likeness (QED) is 0.597. The first-order valence-electron chi connectivity index (χ1n) is 7.63. The van der Waals surface area contributed by atoms with Gasteiger partial charge in [-0.05, 0) is 35.0 Å². The van der Waals surface area contributed by atoms with E-state index in [4.69, 9.17) is 0 Å². The van der Waals surface area contributed by atoms with E-state index in [1.165, 1.54) is 21.5 Å². The standard InChI is InChI=1S/C22H19P/c1-3-18-12-11-17-22(21(18)4-2)23(19-13-7-5-8-14-19)20-15-9-6-10-16-20/h3-17H,1-2H2. The summed E-state index contributed by atoms with van der Waals surface area (Å²) in [6.45, 7) is 7.98. The van der Waals surface area contributed by atoms with Gasteiger partial charge in [0.25, 0.3) is 0 Å². The summed E-state index contributed by atoms with van der Waals surface area (Å²) in [4.78, 5) is 0. The number of hydrogen-bond donors (Lipinski definition) is 0. The van der Waals surface area contributed by atoms with Crippen LogP contribution in [0.5, 0.6) is 0 Å². The van der Waals surface area contributed by atoms with E-state index in [0.29, 0.717) is 0 Å². The fourth-order valence-corrected chi connectivity index (χ4v) is 5.24. The van der Waals surface area contributed by atoms with Crippen LogP contribution < -0.4 is 15.9 Å². The predicted molar refractivity (Wildman–Crippen MR) is 105 cm³/mol. The second-order valence-corrected chi connectivity index (χ2v) is 7.38. The molecular weight excluding hydrogens is 295 g/mol. The van der Waals surface area contributed by atoms with Crippen molar-refractivity contribution in [2.75, 3.05) is 0 Å². The van der Waals surface area contributed by atoms with Gasteiger partial charge < -0.3 is 0 Å². The summed E-state index contributed by atoms with van der Waals surface area (Å²) in [5.74, 6) is 0. The Morgan fingerprint density at radius 3 is 1.65 bits per heavy atom. The Hall–Kier alpha value is -2.43. The molecule has 0 heterocycles. The van der Waals surface area contributed by atoms with Crippen LogP contribution >= 0.6 is 7.92 Å². The van der Waals surface area contributed by atoms with Crippen molar-refractivity contribution in [3.05, 3.63) is 103 Å². The van der Waals surface area contributed by atoms with Crippen LogP contribution in [0.3, 0.4) is 0 Å². The smallest absolute Gasteiger partial charge is 0.00728 e. The molecule has 3 aromatic carbocycles. The van der Waals surface area contributed by atoms with Gasteiger partial charge in [0.2, 0.25) is 0 Å². The maximum atomic E-state index is 4.03. The summed E-state index contributed by atoms with van der Waals surface area (Å²) in [6.07, 6.45) is 3.86. The zero-order valence-corrected chi connectivity index (χ0v) is 13.9. The molecule has 1 heteroatoms. The van der Waals surface area contributed by atoms with E-state index >= 15 is 0 Å². The Morgan fingerprint density at radius 2 is 1.17 bits per heavy atom. The van der Waals surface area contributed by atoms with E-state index in [9.17, 15) is 0 Å². The molecule has 0 aliphatic heterocycles. The first-order chi connectivity index (χ1) is 11.3. The molecule has 0 nitrogen and oxygen atoms in total. The van der Waals surface area contributed by atoms with Gasteiger partial charge in [0.1, 0.15) is 0 Å². The fourth-order valence-electron chi connectivity index (χ4n) is 2.75. The monoisotopic (exact) mass is 314 g/mol. The van der Waals surface area contributed by atoms with Crippen LogP contribution in [-0.2, 0) is 0 Å². The molecule has 0 radical (unpaired) electrons.